The van der Waals surface area contributed by atoms with Gasteiger partial charge in [-0.2, -0.15) is 0 Å². The van der Waals surface area contributed by atoms with Gasteiger partial charge in [0.25, 0.3) is 0 Å². The highest BCUT2D eigenvalue weighted by atomic mass is 35.5. The maximum Gasteiger partial charge on any atom is 0.0789 e. The molecular formula is C24H30ClN5. The van der Waals surface area contributed by atoms with Crippen LogP contribution in [0.5, 0.6) is 0 Å². The number of aromatic nitrogens is 1. The number of hydrogen-bond donors (Lipinski definition) is 1. The maximum absolute atomic E-state index is 6.52. The number of likely N-dealkylation sites (N-methyl/N-ethyl adjacent to an activating group) is 1. The molecule has 0 saturated carbocycles. The molecule has 1 N–H and O–H groups in total. The lowest BCUT2D eigenvalue weighted by molar-refractivity contribution is 0.168. The third kappa shape index (κ3) is 4.05. The zero-order chi connectivity index (χ0) is 20.5. The topological polar surface area (TPSA) is 34.6 Å². The van der Waals surface area contributed by atoms with Gasteiger partial charge in [0, 0.05) is 70.1 Å². The van der Waals surface area contributed by atoms with E-state index in [1.807, 2.05) is 12.3 Å². The van der Waals surface area contributed by atoms with Crippen LogP contribution < -0.4 is 5.32 Å². The van der Waals surface area contributed by atoms with Crippen molar-refractivity contribution in [1.82, 2.24) is 25.0 Å². The van der Waals surface area contributed by atoms with Crippen LogP contribution >= 0.6 is 11.6 Å². The molecule has 158 valence electrons. The zero-order valence-corrected chi connectivity index (χ0v) is 18.4. The fourth-order valence-corrected chi connectivity index (χ4v) is 5.10. The second-order valence-corrected chi connectivity index (χ2v) is 9.08. The summed E-state index contributed by atoms with van der Waals surface area (Å²) in [5, 5.41) is 4.29. The number of fused-ring (bicyclic) bond motifs is 2. The first-order valence-electron chi connectivity index (χ1n) is 11.0. The van der Waals surface area contributed by atoms with Gasteiger partial charge in [0.15, 0.2) is 0 Å². The van der Waals surface area contributed by atoms with Gasteiger partial charge in [0.1, 0.15) is 0 Å². The van der Waals surface area contributed by atoms with E-state index >= 15 is 0 Å². The van der Waals surface area contributed by atoms with Crippen LogP contribution in [-0.4, -0.2) is 85.6 Å². The van der Waals surface area contributed by atoms with E-state index in [1.54, 1.807) is 0 Å². The standard InChI is InChI=1S/C24H30ClN5/c1-28-11-13-29(14-12-28)17-19-15-18-3-2-6-27-23(18)24(30-9-7-26-8-10-30)21-5-4-20(25)16-22(19)21/h2-6,15-16,24,26H,7-14,17H2,1H3. The lowest BCUT2D eigenvalue weighted by atomic mass is 9.93. The van der Waals surface area contributed by atoms with Gasteiger partial charge in [-0.05, 0) is 53.6 Å². The molecule has 5 nitrogen and oxygen atoms in total. The second-order valence-electron chi connectivity index (χ2n) is 8.65. The molecule has 1 aliphatic carbocycles. The molecular weight excluding hydrogens is 394 g/mol. The van der Waals surface area contributed by atoms with Gasteiger partial charge in [-0.15, -0.1) is 0 Å². The van der Waals surface area contributed by atoms with Crippen molar-refractivity contribution < 1.29 is 0 Å². The molecule has 1 unspecified atom stereocenters. The zero-order valence-electron chi connectivity index (χ0n) is 17.6. The summed E-state index contributed by atoms with van der Waals surface area (Å²) in [6.07, 6.45) is 4.29. The summed E-state index contributed by atoms with van der Waals surface area (Å²) in [6, 6.07) is 10.9. The van der Waals surface area contributed by atoms with E-state index in [-0.39, 0.29) is 6.04 Å². The number of nitrogens with one attached hydrogen (secondary N) is 1. The summed E-state index contributed by atoms with van der Waals surface area (Å²) >= 11 is 6.52. The Morgan fingerprint density at radius 3 is 2.67 bits per heavy atom. The lowest BCUT2D eigenvalue weighted by Crippen LogP contribution is -2.46. The molecule has 0 radical (unpaired) electrons. The number of benzene rings is 1. The van der Waals surface area contributed by atoms with E-state index < -0.39 is 0 Å². The number of piperazine rings is 2. The van der Waals surface area contributed by atoms with Crippen LogP contribution in [0.25, 0.3) is 11.6 Å². The fraction of sp³-hybridized carbons (Fsp3) is 0.458. The average molecular weight is 424 g/mol. The number of hydrogen-bond acceptors (Lipinski definition) is 5. The highest BCUT2D eigenvalue weighted by molar-refractivity contribution is 6.30. The molecule has 0 amide bonds. The Morgan fingerprint density at radius 2 is 1.87 bits per heavy atom. The van der Waals surface area contributed by atoms with Gasteiger partial charge in [0.05, 0.1) is 11.7 Å². The molecule has 5 rings (SSSR count). The SMILES string of the molecule is CN1CCN(CC2=Cc3cccnc3C(N3CCNCC3)c3ccc(Cl)cc32)CC1. The molecule has 30 heavy (non-hydrogen) atoms. The van der Waals surface area contributed by atoms with Crippen molar-refractivity contribution in [1.29, 1.82) is 0 Å². The van der Waals surface area contributed by atoms with Crippen molar-refractivity contribution in [2.45, 2.75) is 6.04 Å². The van der Waals surface area contributed by atoms with Crippen LogP contribution in [0.2, 0.25) is 5.02 Å². The molecule has 0 bridgehead atoms. The Balaban J connectivity index is 1.59. The minimum atomic E-state index is 0.164. The highest BCUT2D eigenvalue weighted by Crippen LogP contribution is 2.40. The monoisotopic (exact) mass is 423 g/mol. The van der Waals surface area contributed by atoms with Crippen LogP contribution in [0.15, 0.2) is 36.5 Å². The molecule has 6 heteroatoms. The van der Waals surface area contributed by atoms with Gasteiger partial charge in [-0.1, -0.05) is 23.7 Å². The molecule has 2 aliphatic heterocycles. The van der Waals surface area contributed by atoms with Crippen molar-refractivity contribution in [3.63, 3.8) is 0 Å². The average Bonchev–Trinajstić information content (AvgIpc) is 2.90. The smallest absolute Gasteiger partial charge is 0.0789 e. The van der Waals surface area contributed by atoms with Gasteiger partial charge < -0.3 is 10.2 Å². The van der Waals surface area contributed by atoms with E-state index in [0.717, 1.165) is 69.6 Å². The molecule has 3 aliphatic rings. The fourth-order valence-electron chi connectivity index (χ4n) is 4.93. The van der Waals surface area contributed by atoms with Crippen LogP contribution in [0, 0.1) is 0 Å². The Kier molecular flexibility index (Phi) is 5.89. The minimum absolute atomic E-state index is 0.164. The maximum atomic E-state index is 6.52. The summed E-state index contributed by atoms with van der Waals surface area (Å²) in [5.74, 6) is 0. The Hall–Kier alpha value is -1.76. The predicted octanol–water partition coefficient (Wildman–Crippen LogP) is 2.83. The number of pyridine rings is 1. The molecule has 2 aromatic rings. The van der Waals surface area contributed by atoms with E-state index in [1.165, 1.54) is 22.3 Å². The molecule has 3 heterocycles. The van der Waals surface area contributed by atoms with E-state index in [2.05, 4.69) is 57.4 Å². The van der Waals surface area contributed by atoms with Crippen molar-refractivity contribution in [2.75, 3.05) is 66.0 Å². The molecule has 2 fully saturated rings. The van der Waals surface area contributed by atoms with Gasteiger partial charge in [-0.3, -0.25) is 14.8 Å². The number of halogens is 1. The minimum Gasteiger partial charge on any atom is -0.314 e. The summed E-state index contributed by atoms with van der Waals surface area (Å²) < 4.78 is 0. The summed E-state index contributed by atoms with van der Waals surface area (Å²) in [6.45, 7) is 9.48. The quantitative estimate of drug-likeness (QED) is 0.821. The third-order valence-electron chi connectivity index (χ3n) is 6.62. The van der Waals surface area contributed by atoms with E-state index in [4.69, 9.17) is 16.6 Å². The van der Waals surface area contributed by atoms with Crippen LogP contribution in [0.3, 0.4) is 0 Å². The van der Waals surface area contributed by atoms with E-state index in [0.29, 0.717) is 0 Å². The Bertz CT molecular complexity index is 929. The summed E-state index contributed by atoms with van der Waals surface area (Å²) in [7, 11) is 2.21. The van der Waals surface area contributed by atoms with Gasteiger partial charge in [0.2, 0.25) is 0 Å². The van der Waals surface area contributed by atoms with Gasteiger partial charge in [-0.25, -0.2) is 0 Å². The Labute approximate surface area is 184 Å². The van der Waals surface area contributed by atoms with Crippen LogP contribution in [0.1, 0.15) is 28.4 Å². The normalized spacial score (nSPS) is 23.4. The number of rotatable bonds is 3. The van der Waals surface area contributed by atoms with Crippen molar-refractivity contribution >= 4 is 23.3 Å². The summed E-state index contributed by atoms with van der Waals surface area (Å²) in [4.78, 5) is 12.4. The molecule has 1 atom stereocenters. The highest BCUT2D eigenvalue weighted by Gasteiger charge is 2.32. The number of nitrogens with zero attached hydrogens (tertiary/aromatic N) is 4. The third-order valence-corrected chi connectivity index (χ3v) is 6.86. The Morgan fingerprint density at radius 1 is 1.07 bits per heavy atom. The van der Waals surface area contributed by atoms with Crippen molar-refractivity contribution in [2.24, 2.45) is 0 Å². The molecule has 1 aromatic carbocycles. The largest absolute Gasteiger partial charge is 0.314 e. The second kappa shape index (κ2) is 8.77. The first-order chi connectivity index (χ1) is 14.7. The molecule has 0 spiro atoms. The first kappa shape index (κ1) is 20.2. The van der Waals surface area contributed by atoms with Crippen molar-refractivity contribution in [3.05, 3.63) is 63.9 Å². The van der Waals surface area contributed by atoms with Crippen LogP contribution in [0.4, 0.5) is 0 Å². The van der Waals surface area contributed by atoms with Crippen LogP contribution in [-0.2, 0) is 0 Å². The lowest BCUT2D eigenvalue weighted by Gasteiger charge is -2.36. The predicted molar refractivity (Wildman–Crippen MR) is 124 cm³/mol. The summed E-state index contributed by atoms with van der Waals surface area (Å²) in [5.41, 5.74) is 6.36. The van der Waals surface area contributed by atoms with E-state index in [9.17, 15) is 0 Å². The molecule has 1 aromatic heterocycles. The van der Waals surface area contributed by atoms with Gasteiger partial charge >= 0.3 is 0 Å². The first-order valence-corrected chi connectivity index (χ1v) is 11.4. The molecule has 2 saturated heterocycles. The van der Waals surface area contributed by atoms with Crippen molar-refractivity contribution in [3.8, 4) is 0 Å².